The molecule has 0 aliphatic rings. The molecule has 0 amide bonds. The van der Waals surface area contributed by atoms with E-state index in [0.29, 0.717) is 6.61 Å². The Kier molecular flexibility index (Phi) is 4.96. The molecule has 1 rings (SSSR count). The second-order valence-corrected chi connectivity index (χ2v) is 3.83. The Labute approximate surface area is 96.8 Å². The van der Waals surface area contributed by atoms with E-state index in [-0.39, 0.29) is 11.9 Å². The predicted octanol–water partition coefficient (Wildman–Crippen LogP) is 2.84. The molecule has 1 aromatic heterocycles. The molecule has 16 heavy (non-hydrogen) atoms. The first-order valence-corrected chi connectivity index (χ1v) is 5.78. The van der Waals surface area contributed by atoms with E-state index in [0.717, 1.165) is 24.1 Å². The van der Waals surface area contributed by atoms with Crippen LogP contribution in [0.3, 0.4) is 0 Å². The molecule has 0 spiro atoms. The summed E-state index contributed by atoms with van der Waals surface area (Å²) in [5.74, 6) is -0.312. The Balaban J connectivity index is 2.84. The number of ether oxygens (including phenoxy) is 1. The number of nitrogens with zero attached hydrogens (tertiary/aromatic N) is 1. The van der Waals surface area contributed by atoms with Gasteiger partial charge < -0.3 is 4.74 Å². The van der Waals surface area contributed by atoms with Gasteiger partial charge in [-0.15, -0.1) is 0 Å². The van der Waals surface area contributed by atoms with Gasteiger partial charge in [0.1, 0.15) is 0 Å². The maximum absolute atomic E-state index is 11.8. The van der Waals surface area contributed by atoms with Gasteiger partial charge in [0.2, 0.25) is 0 Å². The van der Waals surface area contributed by atoms with Crippen molar-refractivity contribution >= 4 is 5.97 Å². The van der Waals surface area contributed by atoms with Gasteiger partial charge in [-0.1, -0.05) is 19.4 Å². The van der Waals surface area contributed by atoms with Gasteiger partial charge in [-0.05, 0) is 31.9 Å². The molecule has 1 atom stereocenters. The van der Waals surface area contributed by atoms with Crippen molar-refractivity contribution in [3.63, 3.8) is 0 Å². The molecule has 0 saturated heterocycles. The normalized spacial score (nSPS) is 12.2. The molecule has 0 aliphatic carbocycles. The van der Waals surface area contributed by atoms with Crippen molar-refractivity contribution in [3.8, 4) is 0 Å². The highest BCUT2D eigenvalue weighted by Gasteiger charge is 2.20. The first-order valence-electron chi connectivity index (χ1n) is 5.78. The highest BCUT2D eigenvalue weighted by Crippen LogP contribution is 2.22. The molecule has 0 N–H and O–H groups in total. The van der Waals surface area contributed by atoms with Crippen LogP contribution in [-0.4, -0.2) is 17.6 Å². The molecule has 88 valence electrons. The van der Waals surface area contributed by atoms with Gasteiger partial charge in [0.25, 0.3) is 0 Å². The first-order chi connectivity index (χ1) is 7.69. The Morgan fingerprint density at radius 2 is 2.19 bits per heavy atom. The summed E-state index contributed by atoms with van der Waals surface area (Å²) in [5.41, 5.74) is 1.91. The van der Waals surface area contributed by atoms with Gasteiger partial charge in [-0.25, -0.2) is 0 Å². The zero-order chi connectivity index (χ0) is 12.0. The average molecular weight is 221 g/mol. The third kappa shape index (κ3) is 3.33. The lowest BCUT2D eigenvalue weighted by molar-refractivity contribution is -0.145. The van der Waals surface area contributed by atoms with E-state index in [1.165, 1.54) is 0 Å². The second kappa shape index (κ2) is 6.26. The molecular weight excluding hydrogens is 202 g/mol. The number of esters is 1. The standard InChI is InChI=1S/C13H19NO2/c1-4-6-12(13(15)16-5-2)11-8-7-10(3)14-9-11/h7-9,12H,4-6H2,1-3H3. The molecule has 0 fully saturated rings. The number of hydrogen-bond donors (Lipinski definition) is 0. The van der Waals surface area contributed by atoms with Crippen molar-refractivity contribution < 1.29 is 9.53 Å². The fourth-order valence-corrected chi connectivity index (χ4v) is 1.64. The Bertz CT molecular complexity index is 332. The summed E-state index contributed by atoms with van der Waals surface area (Å²) < 4.78 is 5.07. The minimum atomic E-state index is -0.168. The number of hydrogen-bond acceptors (Lipinski definition) is 3. The molecule has 0 bridgehead atoms. The zero-order valence-electron chi connectivity index (χ0n) is 10.2. The molecule has 0 aromatic carbocycles. The summed E-state index contributed by atoms with van der Waals surface area (Å²) in [6.07, 6.45) is 3.54. The lowest BCUT2D eigenvalue weighted by Gasteiger charge is -2.14. The van der Waals surface area contributed by atoms with Crippen molar-refractivity contribution in [2.75, 3.05) is 6.61 Å². The summed E-state index contributed by atoms with van der Waals surface area (Å²) >= 11 is 0. The highest BCUT2D eigenvalue weighted by atomic mass is 16.5. The van der Waals surface area contributed by atoms with Gasteiger partial charge in [-0.3, -0.25) is 9.78 Å². The maximum atomic E-state index is 11.8. The zero-order valence-corrected chi connectivity index (χ0v) is 10.2. The van der Waals surface area contributed by atoms with Gasteiger partial charge in [0.05, 0.1) is 12.5 Å². The summed E-state index contributed by atoms with van der Waals surface area (Å²) in [4.78, 5) is 16.0. The molecule has 3 heteroatoms. The molecule has 0 radical (unpaired) electrons. The third-order valence-electron chi connectivity index (χ3n) is 2.49. The van der Waals surface area contributed by atoms with Gasteiger partial charge >= 0.3 is 5.97 Å². The van der Waals surface area contributed by atoms with E-state index < -0.39 is 0 Å². The van der Waals surface area contributed by atoms with Crippen molar-refractivity contribution in [2.45, 2.75) is 39.5 Å². The average Bonchev–Trinajstić information content (AvgIpc) is 2.28. The van der Waals surface area contributed by atoms with Crippen LogP contribution in [0.5, 0.6) is 0 Å². The predicted molar refractivity (Wildman–Crippen MR) is 63.3 cm³/mol. The third-order valence-corrected chi connectivity index (χ3v) is 2.49. The number of carbonyl (C=O) groups excluding carboxylic acids is 1. The quantitative estimate of drug-likeness (QED) is 0.718. The largest absolute Gasteiger partial charge is 0.466 e. The minimum Gasteiger partial charge on any atom is -0.466 e. The minimum absolute atomic E-state index is 0.144. The van der Waals surface area contributed by atoms with E-state index in [1.54, 1.807) is 6.20 Å². The van der Waals surface area contributed by atoms with Crippen LogP contribution in [-0.2, 0) is 9.53 Å². The molecular formula is C13H19NO2. The smallest absolute Gasteiger partial charge is 0.313 e. The second-order valence-electron chi connectivity index (χ2n) is 3.83. The van der Waals surface area contributed by atoms with E-state index in [1.807, 2.05) is 26.0 Å². The number of carbonyl (C=O) groups is 1. The first kappa shape index (κ1) is 12.7. The summed E-state index contributed by atoms with van der Waals surface area (Å²) in [6.45, 7) is 6.25. The van der Waals surface area contributed by atoms with E-state index in [4.69, 9.17) is 4.74 Å². The number of aromatic nitrogens is 1. The van der Waals surface area contributed by atoms with Gasteiger partial charge in [0.15, 0.2) is 0 Å². The topological polar surface area (TPSA) is 39.2 Å². The van der Waals surface area contributed by atoms with E-state index >= 15 is 0 Å². The SMILES string of the molecule is CCCC(C(=O)OCC)c1ccc(C)nc1. The molecule has 1 aromatic rings. The molecule has 3 nitrogen and oxygen atoms in total. The van der Waals surface area contributed by atoms with Crippen molar-refractivity contribution in [2.24, 2.45) is 0 Å². The van der Waals surface area contributed by atoms with E-state index in [9.17, 15) is 4.79 Å². The number of rotatable bonds is 5. The molecule has 1 unspecified atom stereocenters. The van der Waals surface area contributed by atoms with Crippen LogP contribution in [0.4, 0.5) is 0 Å². The molecule has 1 heterocycles. The lowest BCUT2D eigenvalue weighted by Crippen LogP contribution is -2.16. The van der Waals surface area contributed by atoms with Gasteiger partial charge in [0, 0.05) is 11.9 Å². The molecule has 0 aliphatic heterocycles. The van der Waals surface area contributed by atoms with Crippen molar-refractivity contribution in [1.82, 2.24) is 4.98 Å². The summed E-state index contributed by atoms with van der Waals surface area (Å²) in [7, 11) is 0. The fraction of sp³-hybridized carbons (Fsp3) is 0.538. The maximum Gasteiger partial charge on any atom is 0.313 e. The highest BCUT2D eigenvalue weighted by molar-refractivity contribution is 5.78. The Morgan fingerprint density at radius 3 is 2.69 bits per heavy atom. The fourth-order valence-electron chi connectivity index (χ4n) is 1.64. The molecule has 0 saturated carbocycles. The van der Waals surface area contributed by atoms with Gasteiger partial charge in [-0.2, -0.15) is 0 Å². The van der Waals surface area contributed by atoms with Crippen LogP contribution in [0, 0.1) is 6.92 Å². The Morgan fingerprint density at radius 1 is 1.44 bits per heavy atom. The summed E-state index contributed by atoms with van der Waals surface area (Å²) in [5, 5.41) is 0. The van der Waals surface area contributed by atoms with Crippen molar-refractivity contribution in [1.29, 1.82) is 0 Å². The van der Waals surface area contributed by atoms with Crippen molar-refractivity contribution in [3.05, 3.63) is 29.6 Å². The van der Waals surface area contributed by atoms with Crippen LogP contribution >= 0.6 is 0 Å². The summed E-state index contributed by atoms with van der Waals surface area (Å²) in [6, 6.07) is 3.89. The van der Waals surface area contributed by atoms with E-state index in [2.05, 4.69) is 11.9 Å². The van der Waals surface area contributed by atoms with Crippen LogP contribution in [0.1, 0.15) is 43.9 Å². The monoisotopic (exact) mass is 221 g/mol. The van der Waals surface area contributed by atoms with Crippen LogP contribution in [0.2, 0.25) is 0 Å². The van der Waals surface area contributed by atoms with Crippen LogP contribution < -0.4 is 0 Å². The van der Waals surface area contributed by atoms with Crippen LogP contribution in [0.25, 0.3) is 0 Å². The number of pyridine rings is 1. The number of aryl methyl sites for hydroxylation is 1. The Hall–Kier alpha value is -1.38. The lowest BCUT2D eigenvalue weighted by atomic mass is 9.96. The van der Waals surface area contributed by atoms with Crippen LogP contribution in [0.15, 0.2) is 18.3 Å².